The molecule has 4 aromatic rings. The van der Waals surface area contributed by atoms with E-state index in [9.17, 15) is 4.79 Å². The number of nitrogens with one attached hydrogen (secondary N) is 1. The van der Waals surface area contributed by atoms with Crippen molar-refractivity contribution in [1.82, 2.24) is 19.9 Å². The Morgan fingerprint density at radius 1 is 1.38 bits per heavy atom. The van der Waals surface area contributed by atoms with Gasteiger partial charge in [0.1, 0.15) is 16.0 Å². The van der Waals surface area contributed by atoms with Crippen LogP contribution in [0.4, 0.5) is 5.69 Å². The number of nitrogens with zero attached hydrogens (tertiary/aromatic N) is 3. The Morgan fingerprint density at radius 3 is 3.12 bits per heavy atom. The smallest absolute Gasteiger partial charge is 0.264 e. The summed E-state index contributed by atoms with van der Waals surface area (Å²) in [5.74, 6) is -0.119. The Morgan fingerprint density at radius 2 is 2.23 bits per heavy atom. The normalized spacial score (nSPS) is 16.3. The molecular weight excluding hydrogens is 346 g/mol. The Balaban J connectivity index is 1.56. The van der Waals surface area contributed by atoms with E-state index in [-0.39, 0.29) is 11.9 Å². The highest BCUT2D eigenvalue weighted by atomic mass is 32.1. The van der Waals surface area contributed by atoms with Crippen molar-refractivity contribution in [2.45, 2.75) is 25.8 Å². The number of pyridine rings is 1. The van der Waals surface area contributed by atoms with E-state index in [1.165, 1.54) is 22.5 Å². The number of carbonyl (C=O) groups excluding carboxylic acids is 1. The van der Waals surface area contributed by atoms with E-state index >= 15 is 0 Å². The Hall–Kier alpha value is -2.93. The average Bonchev–Trinajstić information content (AvgIpc) is 3.33. The molecule has 26 heavy (non-hydrogen) atoms. The van der Waals surface area contributed by atoms with Gasteiger partial charge < -0.3 is 11.1 Å². The first kappa shape index (κ1) is 15.3. The first-order chi connectivity index (χ1) is 12.6. The SMILES string of the molecule is Cc1cc2nncn2c2sc(C(=O)NC3CCc4ccccc43)c(N)c12. The van der Waals surface area contributed by atoms with Crippen molar-refractivity contribution in [3.05, 3.63) is 58.2 Å². The van der Waals surface area contributed by atoms with Crippen molar-refractivity contribution in [2.24, 2.45) is 0 Å². The van der Waals surface area contributed by atoms with Crippen molar-refractivity contribution >= 4 is 38.8 Å². The van der Waals surface area contributed by atoms with Crippen LogP contribution in [-0.2, 0) is 6.42 Å². The summed E-state index contributed by atoms with van der Waals surface area (Å²) in [6, 6.07) is 10.3. The van der Waals surface area contributed by atoms with Crippen molar-refractivity contribution in [3.8, 4) is 0 Å². The topological polar surface area (TPSA) is 85.3 Å². The Labute approximate surface area is 153 Å². The van der Waals surface area contributed by atoms with Gasteiger partial charge in [0, 0.05) is 5.39 Å². The maximum absolute atomic E-state index is 13.0. The number of aryl methyl sites for hydroxylation is 2. The van der Waals surface area contributed by atoms with Crippen LogP contribution in [0.3, 0.4) is 0 Å². The van der Waals surface area contributed by atoms with Gasteiger partial charge in [-0.2, -0.15) is 0 Å². The molecule has 0 spiro atoms. The maximum Gasteiger partial charge on any atom is 0.264 e. The van der Waals surface area contributed by atoms with E-state index in [2.05, 4.69) is 27.6 Å². The fourth-order valence-electron chi connectivity index (χ4n) is 3.85. The number of rotatable bonds is 2. The van der Waals surface area contributed by atoms with Crippen LogP contribution in [0.15, 0.2) is 36.7 Å². The molecule has 0 saturated carbocycles. The molecule has 3 aromatic heterocycles. The van der Waals surface area contributed by atoms with E-state index in [0.717, 1.165) is 34.3 Å². The van der Waals surface area contributed by atoms with Gasteiger partial charge in [0.2, 0.25) is 0 Å². The summed E-state index contributed by atoms with van der Waals surface area (Å²) in [5.41, 5.74) is 11.2. The highest BCUT2D eigenvalue weighted by Gasteiger charge is 2.26. The van der Waals surface area contributed by atoms with Gasteiger partial charge in [-0.05, 0) is 42.5 Å². The lowest BCUT2D eigenvalue weighted by molar-refractivity contribution is 0.0941. The number of anilines is 1. The molecule has 1 unspecified atom stereocenters. The minimum absolute atomic E-state index is 0.0411. The van der Waals surface area contributed by atoms with Crippen LogP contribution in [0.25, 0.3) is 15.9 Å². The predicted molar refractivity (Wildman–Crippen MR) is 102 cm³/mol. The number of hydrogen-bond donors (Lipinski definition) is 2. The molecule has 130 valence electrons. The molecule has 0 aliphatic heterocycles. The number of nitrogen functional groups attached to an aromatic ring is 1. The number of amides is 1. The van der Waals surface area contributed by atoms with E-state index < -0.39 is 0 Å². The molecule has 0 bridgehead atoms. The van der Waals surface area contributed by atoms with Gasteiger partial charge in [0.05, 0.1) is 11.7 Å². The summed E-state index contributed by atoms with van der Waals surface area (Å²) < 4.78 is 1.88. The van der Waals surface area contributed by atoms with Crippen LogP contribution in [0.2, 0.25) is 0 Å². The first-order valence-corrected chi connectivity index (χ1v) is 9.35. The van der Waals surface area contributed by atoms with Gasteiger partial charge in [0.15, 0.2) is 5.65 Å². The second kappa shape index (κ2) is 5.54. The molecule has 6 nitrogen and oxygen atoms in total. The van der Waals surface area contributed by atoms with Crippen molar-refractivity contribution < 1.29 is 4.79 Å². The van der Waals surface area contributed by atoms with Crippen LogP contribution >= 0.6 is 11.3 Å². The molecule has 7 heteroatoms. The van der Waals surface area contributed by atoms with Gasteiger partial charge in [-0.3, -0.25) is 9.20 Å². The lowest BCUT2D eigenvalue weighted by Crippen LogP contribution is -2.27. The molecule has 1 aromatic carbocycles. The van der Waals surface area contributed by atoms with E-state index in [1.807, 2.05) is 29.5 Å². The van der Waals surface area contributed by atoms with Crippen molar-refractivity contribution in [2.75, 3.05) is 5.73 Å². The molecule has 0 saturated heterocycles. The van der Waals surface area contributed by atoms with Crippen LogP contribution < -0.4 is 11.1 Å². The molecule has 1 aliphatic carbocycles. The zero-order chi connectivity index (χ0) is 17.8. The molecule has 3 heterocycles. The van der Waals surface area contributed by atoms with Gasteiger partial charge in [0.25, 0.3) is 5.91 Å². The minimum atomic E-state index is -0.119. The lowest BCUT2D eigenvalue weighted by Gasteiger charge is -2.13. The zero-order valence-electron chi connectivity index (χ0n) is 14.2. The quantitative estimate of drug-likeness (QED) is 0.572. The fraction of sp³-hybridized carbons (Fsp3) is 0.211. The first-order valence-electron chi connectivity index (χ1n) is 8.53. The van der Waals surface area contributed by atoms with Crippen LogP contribution in [-0.4, -0.2) is 20.5 Å². The summed E-state index contributed by atoms with van der Waals surface area (Å²) in [6.07, 6.45) is 3.57. The number of benzene rings is 1. The van der Waals surface area contributed by atoms with Gasteiger partial charge in [-0.25, -0.2) is 0 Å². The number of carbonyl (C=O) groups is 1. The molecule has 0 radical (unpaired) electrons. The van der Waals surface area contributed by atoms with Crippen LogP contribution in [0.1, 0.15) is 38.8 Å². The Bertz CT molecular complexity index is 1180. The average molecular weight is 363 g/mol. The molecule has 3 N–H and O–H groups in total. The van der Waals surface area contributed by atoms with Crippen molar-refractivity contribution in [3.63, 3.8) is 0 Å². The van der Waals surface area contributed by atoms with Crippen molar-refractivity contribution in [1.29, 1.82) is 0 Å². The second-order valence-corrected chi connectivity index (χ2v) is 7.67. The maximum atomic E-state index is 13.0. The van der Waals surface area contributed by atoms with E-state index in [0.29, 0.717) is 10.6 Å². The number of nitrogens with two attached hydrogens (primary N) is 1. The number of thiophene rings is 1. The molecule has 1 aliphatic rings. The minimum Gasteiger partial charge on any atom is -0.397 e. The molecule has 0 fully saturated rings. The monoisotopic (exact) mass is 363 g/mol. The summed E-state index contributed by atoms with van der Waals surface area (Å²) >= 11 is 1.39. The lowest BCUT2D eigenvalue weighted by atomic mass is 10.1. The molecule has 5 rings (SSSR count). The molecule has 1 amide bonds. The second-order valence-electron chi connectivity index (χ2n) is 6.68. The molecule has 1 atom stereocenters. The van der Waals surface area contributed by atoms with Crippen LogP contribution in [0, 0.1) is 6.92 Å². The number of aromatic nitrogens is 3. The standard InChI is InChI=1S/C19H17N5OS/c1-10-8-14-23-21-9-24(14)19-15(10)16(20)17(26-19)18(25)22-13-7-6-11-4-2-3-5-12(11)13/h2-5,8-9,13H,6-7,20H2,1H3,(H,22,25). The fourth-order valence-corrected chi connectivity index (χ4v) is 5.02. The third-order valence-electron chi connectivity index (χ3n) is 5.10. The largest absolute Gasteiger partial charge is 0.397 e. The summed E-state index contributed by atoms with van der Waals surface area (Å²) in [5, 5.41) is 12.1. The highest BCUT2D eigenvalue weighted by Crippen LogP contribution is 2.37. The summed E-state index contributed by atoms with van der Waals surface area (Å²) in [7, 11) is 0. The van der Waals surface area contributed by atoms with Gasteiger partial charge in [-0.1, -0.05) is 24.3 Å². The summed E-state index contributed by atoms with van der Waals surface area (Å²) in [4.78, 5) is 14.4. The third-order valence-corrected chi connectivity index (χ3v) is 6.31. The van der Waals surface area contributed by atoms with Gasteiger partial charge >= 0.3 is 0 Å². The highest BCUT2D eigenvalue weighted by molar-refractivity contribution is 7.21. The summed E-state index contributed by atoms with van der Waals surface area (Å²) in [6.45, 7) is 1.98. The Kier molecular flexibility index (Phi) is 3.27. The van der Waals surface area contributed by atoms with E-state index in [1.54, 1.807) is 6.33 Å². The predicted octanol–water partition coefficient (Wildman–Crippen LogP) is 3.25. The zero-order valence-corrected chi connectivity index (χ0v) is 15.0. The number of fused-ring (bicyclic) bond motifs is 4. The van der Waals surface area contributed by atoms with E-state index in [4.69, 9.17) is 5.73 Å². The third kappa shape index (κ3) is 2.13. The van der Waals surface area contributed by atoms with Crippen LogP contribution in [0.5, 0.6) is 0 Å². The molecular formula is C19H17N5OS. The van der Waals surface area contributed by atoms with Gasteiger partial charge in [-0.15, -0.1) is 21.5 Å². The number of hydrogen-bond acceptors (Lipinski definition) is 5.